The van der Waals surface area contributed by atoms with Gasteiger partial charge in [-0.25, -0.2) is 0 Å². The summed E-state index contributed by atoms with van der Waals surface area (Å²) in [6.45, 7) is 0.805. The Morgan fingerprint density at radius 3 is 2.59 bits per heavy atom. The van der Waals surface area contributed by atoms with Crippen LogP contribution in [-0.4, -0.2) is 16.7 Å². The lowest BCUT2D eigenvalue weighted by molar-refractivity contribution is 0.243. The standard InChI is InChI=1S/C14H16N2O/c17-11-14(13-7-4-8-15-10-13)16-9-12-5-2-1-3-6-12/h1-8,10,14,16-17H,9,11H2. The van der Waals surface area contributed by atoms with Crippen LogP contribution in [0.3, 0.4) is 0 Å². The molecule has 3 nitrogen and oxygen atoms in total. The van der Waals surface area contributed by atoms with E-state index in [4.69, 9.17) is 0 Å². The van der Waals surface area contributed by atoms with Crippen molar-refractivity contribution in [3.63, 3.8) is 0 Å². The van der Waals surface area contributed by atoms with E-state index in [1.807, 2.05) is 30.3 Å². The number of benzene rings is 1. The molecule has 1 aromatic carbocycles. The van der Waals surface area contributed by atoms with E-state index in [0.717, 1.165) is 12.1 Å². The van der Waals surface area contributed by atoms with Gasteiger partial charge in [0.15, 0.2) is 0 Å². The van der Waals surface area contributed by atoms with Gasteiger partial charge >= 0.3 is 0 Å². The van der Waals surface area contributed by atoms with Crippen molar-refractivity contribution in [3.8, 4) is 0 Å². The number of rotatable bonds is 5. The molecule has 0 aliphatic carbocycles. The first-order valence-electron chi connectivity index (χ1n) is 5.68. The first kappa shape index (κ1) is 11.8. The predicted octanol–water partition coefficient (Wildman–Crippen LogP) is 1.90. The highest BCUT2D eigenvalue weighted by atomic mass is 16.3. The van der Waals surface area contributed by atoms with Crippen molar-refractivity contribution in [2.24, 2.45) is 0 Å². The molecule has 0 spiro atoms. The average molecular weight is 228 g/mol. The lowest BCUT2D eigenvalue weighted by Gasteiger charge is -2.16. The Morgan fingerprint density at radius 2 is 1.94 bits per heavy atom. The van der Waals surface area contributed by atoms with Gasteiger partial charge in [-0.3, -0.25) is 4.98 Å². The molecule has 3 heteroatoms. The van der Waals surface area contributed by atoms with Crippen molar-refractivity contribution >= 4 is 0 Å². The third-order valence-corrected chi connectivity index (χ3v) is 2.66. The Kier molecular flexibility index (Phi) is 4.24. The molecule has 0 bridgehead atoms. The number of pyridine rings is 1. The third kappa shape index (κ3) is 3.37. The van der Waals surface area contributed by atoms with Crippen LogP contribution in [0.1, 0.15) is 17.2 Å². The van der Waals surface area contributed by atoms with Crippen LogP contribution < -0.4 is 5.32 Å². The van der Waals surface area contributed by atoms with Crippen molar-refractivity contribution in [2.45, 2.75) is 12.6 Å². The number of hydrogen-bond acceptors (Lipinski definition) is 3. The summed E-state index contributed by atoms with van der Waals surface area (Å²) < 4.78 is 0. The Labute approximate surface area is 101 Å². The van der Waals surface area contributed by atoms with Gasteiger partial charge in [0.25, 0.3) is 0 Å². The zero-order valence-corrected chi connectivity index (χ0v) is 9.58. The summed E-state index contributed by atoms with van der Waals surface area (Å²) in [5.74, 6) is 0. The minimum Gasteiger partial charge on any atom is -0.394 e. The molecular formula is C14H16N2O. The van der Waals surface area contributed by atoms with Crippen LogP contribution in [0, 0.1) is 0 Å². The molecule has 0 aliphatic rings. The van der Waals surface area contributed by atoms with Gasteiger partial charge in [-0.1, -0.05) is 36.4 Å². The van der Waals surface area contributed by atoms with E-state index in [-0.39, 0.29) is 12.6 Å². The summed E-state index contributed by atoms with van der Waals surface area (Å²) in [4.78, 5) is 4.06. The highest BCUT2D eigenvalue weighted by molar-refractivity contribution is 5.17. The van der Waals surface area contributed by atoms with E-state index in [1.165, 1.54) is 5.56 Å². The summed E-state index contributed by atoms with van der Waals surface area (Å²) in [6, 6.07) is 13.9. The van der Waals surface area contributed by atoms with E-state index in [9.17, 15) is 5.11 Å². The summed E-state index contributed by atoms with van der Waals surface area (Å²) in [7, 11) is 0. The van der Waals surface area contributed by atoms with Gasteiger partial charge in [0, 0.05) is 18.9 Å². The highest BCUT2D eigenvalue weighted by Gasteiger charge is 2.08. The van der Waals surface area contributed by atoms with Crippen molar-refractivity contribution in [1.29, 1.82) is 0 Å². The molecule has 17 heavy (non-hydrogen) atoms. The van der Waals surface area contributed by atoms with Crippen molar-refractivity contribution in [1.82, 2.24) is 10.3 Å². The number of nitrogens with zero attached hydrogens (tertiary/aromatic N) is 1. The van der Waals surface area contributed by atoms with E-state index in [2.05, 4.69) is 22.4 Å². The molecule has 1 unspecified atom stereocenters. The summed E-state index contributed by atoms with van der Waals surface area (Å²) >= 11 is 0. The molecule has 0 amide bonds. The molecule has 1 aromatic heterocycles. The van der Waals surface area contributed by atoms with E-state index in [1.54, 1.807) is 12.4 Å². The Balaban J connectivity index is 1.97. The van der Waals surface area contributed by atoms with Crippen LogP contribution in [0.15, 0.2) is 54.9 Å². The average Bonchev–Trinajstić information content (AvgIpc) is 2.42. The van der Waals surface area contributed by atoms with Gasteiger partial charge in [-0.2, -0.15) is 0 Å². The minimum absolute atomic E-state index is 0.0658. The van der Waals surface area contributed by atoms with Gasteiger partial charge in [-0.05, 0) is 17.2 Å². The summed E-state index contributed by atoms with van der Waals surface area (Å²) in [5.41, 5.74) is 2.21. The normalized spacial score (nSPS) is 12.3. The van der Waals surface area contributed by atoms with Crippen molar-refractivity contribution in [3.05, 3.63) is 66.0 Å². The Morgan fingerprint density at radius 1 is 1.12 bits per heavy atom. The fourth-order valence-corrected chi connectivity index (χ4v) is 1.71. The van der Waals surface area contributed by atoms with Gasteiger partial charge < -0.3 is 10.4 Å². The Hall–Kier alpha value is -1.71. The maximum atomic E-state index is 9.37. The fraction of sp³-hybridized carbons (Fsp3) is 0.214. The van der Waals surface area contributed by atoms with E-state index < -0.39 is 0 Å². The molecule has 0 saturated heterocycles. The van der Waals surface area contributed by atoms with Crippen LogP contribution in [-0.2, 0) is 6.54 Å². The maximum Gasteiger partial charge on any atom is 0.0627 e. The van der Waals surface area contributed by atoms with Crippen LogP contribution in [0.25, 0.3) is 0 Å². The van der Waals surface area contributed by atoms with E-state index in [0.29, 0.717) is 0 Å². The van der Waals surface area contributed by atoms with Crippen molar-refractivity contribution in [2.75, 3.05) is 6.61 Å². The quantitative estimate of drug-likeness (QED) is 0.821. The van der Waals surface area contributed by atoms with Gasteiger partial charge in [0.1, 0.15) is 0 Å². The molecule has 0 fully saturated rings. The molecule has 2 aromatic rings. The largest absolute Gasteiger partial charge is 0.394 e. The zero-order chi connectivity index (χ0) is 11.9. The molecular weight excluding hydrogens is 212 g/mol. The lowest BCUT2D eigenvalue weighted by Crippen LogP contribution is -2.24. The number of aliphatic hydroxyl groups is 1. The molecule has 1 heterocycles. The van der Waals surface area contributed by atoms with Crippen LogP contribution in [0.4, 0.5) is 0 Å². The highest BCUT2D eigenvalue weighted by Crippen LogP contribution is 2.11. The fourth-order valence-electron chi connectivity index (χ4n) is 1.71. The van der Waals surface area contributed by atoms with Crippen LogP contribution >= 0.6 is 0 Å². The molecule has 0 aliphatic heterocycles. The smallest absolute Gasteiger partial charge is 0.0627 e. The molecule has 2 rings (SSSR count). The Bertz CT molecular complexity index is 430. The lowest BCUT2D eigenvalue weighted by atomic mass is 10.1. The number of hydrogen-bond donors (Lipinski definition) is 2. The molecule has 1 atom stereocenters. The van der Waals surface area contributed by atoms with E-state index >= 15 is 0 Å². The summed E-state index contributed by atoms with van der Waals surface area (Å²) in [5, 5.41) is 12.7. The number of aliphatic hydroxyl groups excluding tert-OH is 1. The second-order valence-electron chi connectivity index (χ2n) is 3.89. The second-order valence-corrected chi connectivity index (χ2v) is 3.89. The molecule has 88 valence electrons. The second kappa shape index (κ2) is 6.13. The van der Waals surface area contributed by atoms with Crippen LogP contribution in [0.2, 0.25) is 0 Å². The zero-order valence-electron chi connectivity index (χ0n) is 9.58. The van der Waals surface area contributed by atoms with Crippen LogP contribution in [0.5, 0.6) is 0 Å². The predicted molar refractivity (Wildman–Crippen MR) is 67.3 cm³/mol. The topological polar surface area (TPSA) is 45.1 Å². The summed E-state index contributed by atoms with van der Waals surface area (Å²) in [6.07, 6.45) is 3.51. The monoisotopic (exact) mass is 228 g/mol. The van der Waals surface area contributed by atoms with Crippen molar-refractivity contribution < 1.29 is 5.11 Å². The first-order chi connectivity index (χ1) is 8.40. The molecule has 2 N–H and O–H groups in total. The number of aromatic nitrogens is 1. The SMILES string of the molecule is OCC(NCc1ccccc1)c1cccnc1. The van der Waals surface area contributed by atoms with Gasteiger partial charge in [0.05, 0.1) is 12.6 Å². The first-order valence-corrected chi connectivity index (χ1v) is 5.68. The van der Waals surface area contributed by atoms with Gasteiger partial charge in [-0.15, -0.1) is 0 Å². The maximum absolute atomic E-state index is 9.37. The minimum atomic E-state index is -0.0658. The third-order valence-electron chi connectivity index (χ3n) is 2.66. The molecule has 0 radical (unpaired) electrons. The molecule has 0 saturated carbocycles. The number of nitrogens with one attached hydrogen (secondary N) is 1. The van der Waals surface area contributed by atoms with Gasteiger partial charge in [0.2, 0.25) is 0 Å².